The second kappa shape index (κ2) is 7.54. The Morgan fingerprint density at radius 3 is 2.88 bits per heavy atom. The zero-order valence-corrected chi connectivity index (χ0v) is 11.2. The molecule has 100 valence electrons. The molecule has 0 saturated carbocycles. The number of likely N-dealkylation sites (tertiary alicyclic amines) is 1. The zero-order chi connectivity index (χ0) is 12.7. The highest BCUT2D eigenvalue weighted by Gasteiger charge is 2.19. The number of hydrogen-bond donors (Lipinski definition) is 2. The first-order valence-electron chi connectivity index (χ1n) is 6.87. The highest BCUT2D eigenvalue weighted by Crippen LogP contribution is 2.22. The van der Waals surface area contributed by atoms with E-state index in [9.17, 15) is 0 Å². The molecule has 0 bridgehead atoms. The highest BCUT2D eigenvalue weighted by atomic mass is 16.4. The number of oxime groups is 1. The standard InChI is InChI=1S/C13H27N3O/c1-3-5-12-6-4-8-16(9-7-12)10-11(2)13(14)15-17/h11-12,17H,3-10H2,1-2H3,(H2,14,15). The monoisotopic (exact) mass is 241 g/mol. The van der Waals surface area contributed by atoms with E-state index in [1.807, 2.05) is 6.92 Å². The Labute approximate surface area is 105 Å². The van der Waals surface area contributed by atoms with Crippen LogP contribution >= 0.6 is 0 Å². The van der Waals surface area contributed by atoms with Gasteiger partial charge >= 0.3 is 0 Å². The quantitative estimate of drug-likeness (QED) is 0.336. The lowest BCUT2D eigenvalue weighted by Gasteiger charge is -2.23. The van der Waals surface area contributed by atoms with Crippen LogP contribution in [0.15, 0.2) is 5.16 Å². The third-order valence-corrected chi connectivity index (χ3v) is 3.79. The predicted molar refractivity (Wildman–Crippen MR) is 71.3 cm³/mol. The van der Waals surface area contributed by atoms with Gasteiger partial charge in [-0.3, -0.25) is 0 Å². The van der Waals surface area contributed by atoms with Crippen molar-refractivity contribution in [1.82, 2.24) is 4.90 Å². The number of amidine groups is 1. The molecule has 0 aromatic rings. The van der Waals surface area contributed by atoms with E-state index in [1.54, 1.807) is 0 Å². The van der Waals surface area contributed by atoms with Crippen LogP contribution in [0.1, 0.15) is 46.0 Å². The third-order valence-electron chi connectivity index (χ3n) is 3.79. The second-order valence-corrected chi connectivity index (χ2v) is 5.31. The van der Waals surface area contributed by atoms with Gasteiger partial charge in [-0.2, -0.15) is 0 Å². The maximum atomic E-state index is 8.65. The number of rotatable bonds is 5. The molecule has 1 saturated heterocycles. The average molecular weight is 241 g/mol. The van der Waals surface area contributed by atoms with Crippen LogP contribution in [0.4, 0.5) is 0 Å². The first kappa shape index (κ1) is 14.3. The molecule has 1 fully saturated rings. The van der Waals surface area contributed by atoms with Gasteiger partial charge in [0.2, 0.25) is 0 Å². The fourth-order valence-corrected chi connectivity index (χ4v) is 2.68. The SMILES string of the molecule is CCCC1CCCN(CC(C)C(N)=NO)CC1. The van der Waals surface area contributed by atoms with Crippen LogP contribution < -0.4 is 5.73 Å². The summed E-state index contributed by atoms with van der Waals surface area (Å²) in [6.45, 7) is 7.51. The molecule has 0 aromatic heterocycles. The molecule has 1 rings (SSSR count). The van der Waals surface area contributed by atoms with E-state index in [1.165, 1.54) is 32.1 Å². The first-order valence-corrected chi connectivity index (χ1v) is 6.87. The van der Waals surface area contributed by atoms with Crippen LogP contribution in [-0.2, 0) is 0 Å². The van der Waals surface area contributed by atoms with Crippen LogP contribution in [0.3, 0.4) is 0 Å². The Hall–Kier alpha value is -0.770. The Balaban J connectivity index is 2.36. The molecule has 17 heavy (non-hydrogen) atoms. The summed E-state index contributed by atoms with van der Waals surface area (Å²) >= 11 is 0. The van der Waals surface area contributed by atoms with Gasteiger partial charge in [-0.1, -0.05) is 31.8 Å². The zero-order valence-electron chi connectivity index (χ0n) is 11.2. The van der Waals surface area contributed by atoms with Crippen molar-refractivity contribution in [3.05, 3.63) is 0 Å². The van der Waals surface area contributed by atoms with Crippen molar-refractivity contribution >= 4 is 5.84 Å². The minimum Gasteiger partial charge on any atom is -0.409 e. The van der Waals surface area contributed by atoms with Crippen molar-refractivity contribution in [2.75, 3.05) is 19.6 Å². The maximum Gasteiger partial charge on any atom is 0.143 e. The van der Waals surface area contributed by atoms with E-state index in [4.69, 9.17) is 10.9 Å². The summed E-state index contributed by atoms with van der Waals surface area (Å²) in [4.78, 5) is 2.46. The van der Waals surface area contributed by atoms with E-state index in [-0.39, 0.29) is 5.92 Å². The van der Waals surface area contributed by atoms with Gasteiger partial charge in [0.1, 0.15) is 5.84 Å². The van der Waals surface area contributed by atoms with Crippen LogP contribution in [0.5, 0.6) is 0 Å². The molecule has 0 radical (unpaired) electrons. The summed E-state index contributed by atoms with van der Waals surface area (Å²) in [6.07, 6.45) is 6.61. The van der Waals surface area contributed by atoms with Gasteiger partial charge in [0.25, 0.3) is 0 Å². The minimum absolute atomic E-state index is 0.141. The smallest absolute Gasteiger partial charge is 0.143 e. The number of nitrogens with zero attached hydrogens (tertiary/aromatic N) is 2. The Morgan fingerprint density at radius 2 is 2.24 bits per heavy atom. The van der Waals surface area contributed by atoms with Crippen LogP contribution in [0.25, 0.3) is 0 Å². The fraction of sp³-hybridized carbons (Fsp3) is 0.923. The normalized spacial score (nSPS) is 25.5. The molecule has 0 amide bonds. The molecule has 0 aromatic carbocycles. The molecule has 0 spiro atoms. The lowest BCUT2D eigenvalue weighted by atomic mass is 9.96. The first-order chi connectivity index (χ1) is 8.17. The van der Waals surface area contributed by atoms with Crippen LogP contribution in [0.2, 0.25) is 0 Å². The topological polar surface area (TPSA) is 61.8 Å². The van der Waals surface area contributed by atoms with Gasteiger partial charge in [0.15, 0.2) is 0 Å². The summed E-state index contributed by atoms with van der Waals surface area (Å²) in [5.74, 6) is 1.39. The molecule has 3 N–H and O–H groups in total. The molecule has 1 heterocycles. The molecule has 4 heteroatoms. The van der Waals surface area contributed by atoms with Gasteiger partial charge < -0.3 is 15.8 Å². The van der Waals surface area contributed by atoms with E-state index < -0.39 is 0 Å². The van der Waals surface area contributed by atoms with Gasteiger partial charge in [-0.05, 0) is 38.3 Å². The van der Waals surface area contributed by atoms with Crippen molar-refractivity contribution in [2.24, 2.45) is 22.7 Å². The lowest BCUT2D eigenvalue weighted by Crippen LogP contribution is -2.35. The van der Waals surface area contributed by atoms with Crippen molar-refractivity contribution < 1.29 is 5.21 Å². The third kappa shape index (κ3) is 4.94. The molecule has 2 atom stereocenters. The highest BCUT2D eigenvalue weighted by molar-refractivity contribution is 5.82. The lowest BCUT2D eigenvalue weighted by molar-refractivity contribution is 0.258. The average Bonchev–Trinajstić information content (AvgIpc) is 2.54. The van der Waals surface area contributed by atoms with Gasteiger partial charge in [-0.25, -0.2) is 0 Å². The number of nitrogens with two attached hydrogens (primary N) is 1. The van der Waals surface area contributed by atoms with Gasteiger partial charge in [0, 0.05) is 12.5 Å². The van der Waals surface area contributed by atoms with Crippen LogP contribution in [0, 0.1) is 11.8 Å². The van der Waals surface area contributed by atoms with Crippen molar-refractivity contribution in [1.29, 1.82) is 0 Å². The Kier molecular flexibility index (Phi) is 6.34. The maximum absolute atomic E-state index is 8.65. The van der Waals surface area contributed by atoms with Gasteiger partial charge in [-0.15, -0.1) is 0 Å². The molecular formula is C13H27N3O. The van der Waals surface area contributed by atoms with E-state index in [2.05, 4.69) is 17.0 Å². The summed E-state index contributed by atoms with van der Waals surface area (Å²) < 4.78 is 0. The number of hydrogen-bond acceptors (Lipinski definition) is 3. The molecular weight excluding hydrogens is 214 g/mol. The van der Waals surface area contributed by atoms with Crippen molar-refractivity contribution in [2.45, 2.75) is 46.0 Å². The van der Waals surface area contributed by atoms with Gasteiger partial charge in [0.05, 0.1) is 0 Å². The van der Waals surface area contributed by atoms with Crippen molar-refractivity contribution in [3.63, 3.8) is 0 Å². The molecule has 4 nitrogen and oxygen atoms in total. The molecule has 2 unspecified atom stereocenters. The van der Waals surface area contributed by atoms with Crippen LogP contribution in [-0.4, -0.2) is 35.6 Å². The summed E-state index contributed by atoms with van der Waals surface area (Å²) in [6, 6.07) is 0. The largest absolute Gasteiger partial charge is 0.409 e. The Morgan fingerprint density at radius 1 is 1.47 bits per heavy atom. The molecule has 1 aliphatic heterocycles. The van der Waals surface area contributed by atoms with Crippen molar-refractivity contribution in [3.8, 4) is 0 Å². The molecule has 0 aliphatic carbocycles. The molecule has 1 aliphatic rings. The van der Waals surface area contributed by atoms with E-state index in [0.717, 1.165) is 25.6 Å². The second-order valence-electron chi connectivity index (χ2n) is 5.31. The summed E-state index contributed by atoms with van der Waals surface area (Å²) in [5, 5.41) is 11.7. The van der Waals surface area contributed by atoms with E-state index in [0.29, 0.717) is 5.84 Å². The predicted octanol–water partition coefficient (Wildman–Crippen LogP) is 2.27. The minimum atomic E-state index is 0.141. The summed E-state index contributed by atoms with van der Waals surface area (Å²) in [7, 11) is 0. The fourth-order valence-electron chi connectivity index (χ4n) is 2.68. The van der Waals surface area contributed by atoms with E-state index >= 15 is 0 Å². The summed E-state index contributed by atoms with van der Waals surface area (Å²) in [5.41, 5.74) is 5.62. The Bertz CT molecular complexity index is 243.